The minimum atomic E-state index is -0.00428. The Hall–Kier alpha value is -6.91. The lowest BCUT2D eigenvalue weighted by molar-refractivity contribution is 0.670. The Morgan fingerprint density at radius 1 is 0.453 bits per heavy atom. The van der Waals surface area contributed by atoms with Crippen molar-refractivity contribution in [2.45, 2.75) is 12.3 Å². The summed E-state index contributed by atoms with van der Waals surface area (Å²) in [6.07, 6.45) is 5.42. The average molecular weight is 678 g/mol. The van der Waals surface area contributed by atoms with Gasteiger partial charge in [-0.05, 0) is 66.9 Å². The lowest BCUT2D eigenvalue weighted by Crippen LogP contribution is -2.28. The first-order valence-corrected chi connectivity index (χ1v) is 18.1. The van der Waals surface area contributed by atoms with E-state index in [0.29, 0.717) is 11.6 Å². The summed E-state index contributed by atoms with van der Waals surface area (Å²) < 4.78 is 6.77. The molecule has 53 heavy (non-hydrogen) atoms. The fraction of sp³-hybridized carbons (Fsp3) is 0.0408. The van der Waals surface area contributed by atoms with Gasteiger partial charge in [0.1, 0.15) is 17.0 Å². The SMILES string of the molecule is C1=c2ccccc2=CC(c2nc(-c3cc4ccccc4c4ccccc34)nc(-c3cccc4oc5c(-c6cccc7ccccc67)cccc5c34)n2)C1. The minimum Gasteiger partial charge on any atom is -0.455 e. The van der Waals surface area contributed by atoms with Crippen LogP contribution in [0.15, 0.2) is 162 Å². The number of nitrogens with zero attached hydrogens (tertiary/aromatic N) is 3. The maximum Gasteiger partial charge on any atom is 0.164 e. The maximum absolute atomic E-state index is 6.77. The van der Waals surface area contributed by atoms with Crippen LogP contribution in [0.4, 0.5) is 0 Å². The average Bonchev–Trinajstić information content (AvgIpc) is 3.62. The molecule has 1 atom stereocenters. The van der Waals surface area contributed by atoms with E-state index >= 15 is 0 Å². The number of rotatable bonds is 4. The highest BCUT2D eigenvalue weighted by Crippen LogP contribution is 2.42. The van der Waals surface area contributed by atoms with Gasteiger partial charge in [0.05, 0.1) is 0 Å². The van der Waals surface area contributed by atoms with E-state index in [-0.39, 0.29) is 5.92 Å². The molecule has 248 valence electrons. The van der Waals surface area contributed by atoms with Crippen LogP contribution < -0.4 is 10.4 Å². The van der Waals surface area contributed by atoms with E-state index in [1.807, 2.05) is 12.1 Å². The van der Waals surface area contributed by atoms with Gasteiger partial charge in [-0.2, -0.15) is 0 Å². The Balaban J connectivity index is 1.18. The molecule has 4 heteroatoms. The second-order valence-corrected chi connectivity index (χ2v) is 13.9. The zero-order valence-corrected chi connectivity index (χ0v) is 28.7. The molecule has 0 bridgehead atoms. The van der Waals surface area contributed by atoms with E-state index in [0.717, 1.165) is 67.2 Å². The van der Waals surface area contributed by atoms with Crippen molar-refractivity contribution in [3.8, 4) is 33.9 Å². The number of para-hydroxylation sites is 1. The normalized spacial score (nSPS) is 14.1. The van der Waals surface area contributed by atoms with E-state index in [1.165, 1.54) is 32.0 Å². The molecule has 0 spiro atoms. The first-order chi connectivity index (χ1) is 26.3. The molecule has 0 saturated heterocycles. The molecular formula is C49H31N3O. The van der Waals surface area contributed by atoms with Crippen molar-refractivity contribution < 1.29 is 4.42 Å². The highest BCUT2D eigenvalue weighted by Gasteiger charge is 2.23. The molecule has 0 fully saturated rings. The maximum atomic E-state index is 6.77. The van der Waals surface area contributed by atoms with Crippen molar-refractivity contribution in [3.63, 3.8) is 0 Å². The molecule has 1 unspecified atom stereocenters. The highest BCUT2D eigenvalue weighted by molar-refractivity contribution is 6.17. The van der Waals surface area contributed by atoms with E-state index in [1.54, 1.807) is 0 Å². The smallest absolute Gasteiger partial charge is 0.164 e. The molecule has 0 N–H and O–H groups in total. The molecule has 1 aliphatic carbocycles. The summed E-state index contributed by atoms with van der Waals surface area (Å²) in [4.78, 5) is 15.9. The van der Waals surface area contributed by atoms with Crippen molar-refractivity contribution in [1.82, 2.24) is 15.0 Å². The minimum absolute atomic E-state index is 0.00428. The van der Waals surface area contributed by atoms with Crippen LogP contribution >= 0.6 is 0 Å². The summed E-state index contributed by atoms with van der Waals surface area (Å²) in [5.41, 5.74) is 5.78. The summed E-state index contributed by atoms with van der Waals surface area (Å²) in [6, 6.07) is 55.5. The molecule has 1 aliphatic rings. The first-order valence-electron chi connectivity index (χ1n) is 18.1. The third-order valence-corrected chi connectivity index (χ3v) is 10.8. The predicted octanol–water partition coefficient (Wildman–Crippen LogP) is 11.0. The predicted molar refractivity (Wildman–Crippen MR) is 218 cm³/mol. The van der Waals surface area contributed by atoms with Crippen molar-refractivity contribution in [2.24, 2.45) is 0 Å². The number of furan rings is 1. The zero-order chi connectivity index (χ0) is 34.9. The van der Waals surface area contributed by atoms with Crippen LogP contribution in [0.25, 0.3) is 100 Å². The summed E-state index contributed by atoms with van der Waals surface area (Å²) in [5.74, 6) is 2.06. The molecule has 4 nitrogen and oxygen atoms in total. The second-order valence-electron chi connectivity index (χ2n) is 13.9. The molecule has 2 heterocycles. The van der Waals surface area contributed by atoms with Gasteiger partial charge in [0.2, 0.25) is 0 Å². The van der Waals surface area contributed by atoms with Crippen LogP contribution in [-0.2, 0) is 0 Å². The first kappa shape index (κ1) is 29.8. The standard InChI is InChI=1S/C49H31N3O/c1-2-14-32-28-34(27-26-30(32)12-1)47-50-48(52-49(51-47)43-29-33-15-4-6-18-36(33)37-19-7-8-20-39(37)43)42-24-11-25-44-45(42)41-23-10-22-40(46(41)53-44)38-21-9-16-31-13-3-5-17-35(31)38/h1-26,28-29,34H,27H2. The van der Waals surface area contributed by atoms with Crippen LogP contribution in [0, 0.1) is 0 Å². The third-order valence-electron chi connectivity index (χ3n) is 10.8. The van der Waals surface area contributed by atoms with E-state index in [9.17, 15) is 0 Å². The molecule has 0 amide bonds. The van der Waals surface area contributed by atoms with Crippen LogP contribution in [0.1, 0.15) is 18.2 Å². The van der Waals surface area contributed by atoms with Gasteiger partial charge in [-0.3, -0.25) is 0 Å². The van der Waals surface area contributed by atoms with Gasteiger partial charge >= 0.3 is 0 Å². The fourth-order valence-electron chi connectivity index (χ4n) is 8.31. The second kappa shape index (κ2) is 11.8. The van der Waals surface area contributed by atoms with Crippen molar-refractivity contribution in [1.29, 1.82) is 0 Å². The zero-order valence-electron chi connectivity index (χ0n) is 28.7. The van der Waals surface area contributed by atoms with E-state index in [4.69, 9.17) is 19.4 Å². The number of hydrogen-bond donors (Lipinski definition) is 0. The Labute approximate surface area is 305 Å². The van der Waals surface area contributed by atoms with Crippen molar-refractivity contribution >= 4 is 66.4 Å². The molecule has 8 aromatic carbocycles. The molecular weight excluding hydrogens is 647 g/mol. The largest absolute Gasteiger partial charge is 0.455 e. The van der Waals surface area contributed by atoms with Gasteiger partial charge < -0.3 is 4.42 Å². The van der Waals surface area contributed by atoms with Crippen LogP contribution in [0.5, 0.6) is 0 Å². The van der Waals surface area contributed by atoms with Gasteiger partial charge in [0.25, 0.3) is 0 Å². The van der Waals surface area contributed by atoms with Gasteiger partial charge in [-0.15, -0.1) is 0 Å². The summed E-state index contributed by atoms with van der Waals surface area (Å²) >= 11 is 0. The monoisotopic (exact) mass is 677 g/mol. The Morgan fingerprint density at radius 3 is 1.96 bits per heavy atom. The molecule has 11 rings (SSSR count). The van der Waals surface area contributed by atoms with Gasteiger partial charge in [-0.25, -0.2) is 15.0 Å². The third kappa shape index (κ3) is 4.80. The molecule has 0 saturated carbocycles. The molecule has 10 aromatic rings. The van der Waals surface area contributed by atoms with Crippen molar-refractivity contribution in [3.05, 3.63) is 174 Å². The van der Waals surface area contributed by atoms with Crippen LogP contribution in [0.2, 0.25) is 0 Å². The number of benzene rings is 8. The number of hydrogen-bond acceptors (Lipinski definition) is 4. The fourth-order valence-corrected chi connectivity index (χ4v) is 8.31. The number of fused-ring (bicyclic) bond motifs is 8. The Kier molecular flexibility index (Phi) is 6.65. The quantitative estimate of drug-likeness (QED) is 0.174. The van der Waals surface area contributed by atoms with Gasteiger partial charge in [-0.1, -0.05) is 158 Å². The topological polar surface area (TPSA) is 51.8 Å². The molecule has 2 aromatic heterocycles. The van der Waals surface area contributed by atoms with Gasteiger partial charge in [0.15, 0.2) is 11.6 Å². The van der Waals surface area contributed by atoms with E-state index < -0.39 is 0 Å². The number of aromatic nitrogens is 3. The van der Waals surface area contributed by atoms with Crippen LogP contribution in [-0.4, -0.2) is 15.0 Å². The lowest BCUT2D eigenvalue weighted by atomic mass is 9.95. The van der Waals surface area contributed by atoms with Gasteiger partial charge in [0, 0.05) is 33.4 Å². The Morgan fingerprint density at radius 2 is 1.08 bits per heavy atom. The van der Waals surface area contributed by atoms with Crippen LogP contribution in [0.3, 0.4) is 0 Å². The van der Waals surface area contributed by atoms with E-state index in [2.05, 4.69) is 158 Å². The highest BCUT2D eigenvalue weighted by atomic mass is 16.3. The van der Waals surface area contributed by atoms with Crippen molar-refractivity contribution in [2.75, 3.05) is 0 Å². The summed E-state index contributed by atoms with van der Waals surface area (Å²) in [7, 11) is 0. The molecule has 0 aliphatic heterocycles. The summed E-state index contributed by atoms with van der Waals surface area (Å²) in [6.45, 7) is 0. The lowest BCUT2D eigenvalue weighted by Gasteiger charge is -2.16. The molecule has 0 radical (unpaired) electrons. The summed E-state index contributed by atoms with van der Waals surface area (Å²) in [5, 5.41) is 11.5. The Bertz CT molecular complexity index is 3230.